The zero-order valence-corrected chi connectivity index (χ0v) is 18.3. The van der Waals surface area contributed by atoms with Crippen molar-refractivity contribution in [3.8, 4) is 0 Å². The van der Waals surface area contributed by atoms with Crippen LogP contribution in [0.2, 0.25) is 0 Å². The van der Waals surface area contributed by atoms with E-state index in [2.05, 4.69) is 25.6 Å². The minimum Gasteiger partial charge on any atom is -0.357 e. The van der Waals surface area contributed by atoms with Crippen LogP contribution in [0, 0.1) is 0 Å². The molecule has 2 N–H and O–H groups in total. The van der Waals surface area contributed by atoms with Crippen molar-refractivity contribution in [3.63, 3.8) is 0 Å². The van der Waals surface area contributed by atoms with Gasteiger partial charge in [0.05, 0.1) is 13.1 Å². The molecule has 0 aliphatic rings. The molecule has 156 valence electrons. The van der Waals surface area contributed by atoms with Crippen molar-refractivity contribution in [1.82, 2.24) is 24.8 Å². The highest BCUT2D eigenvalue weighted by Gasteiger charge is 2.32. The maximum atomic E-state index is 12.7. The first kappa shape index (κ1) is 24.0. The first-order valence-electron chi connectivity index (χ1n) is 8.55. The molecule has 0 fully saturated rings. The van der Waals surface area contributed by atoms with Gasteiger partial charge in [-0.3, -0.25) is 4.99 Å². The van der Waals surface area contributed by atoms with Gasteiger partial charge in [0.15, 0.2) is 5.96 Å². The molecule has 11 heteroatoms. The molecule has 0 atom stereocenters. The fourth-order valence-corrected chi connectivity index (χ4v) is 2.38. The molecule has 28 heavy (non-hydrogen) atoms. The predicted octanol–water partition coefficient (Wildman–Crippen LogP) is 2.96. The van der Waals surface area contributed by atoms with Crippen LogP contribution >= 0.6 is 24.0 Å². The maximum absolute atomic E-state index is 12.7. The number of guanidine groups is 1. The van der Waals surface area contributed by atoms with Crippen LogP contribution in [0.1, 0.15) is 18.3 Å². The SMILES string of the molecule is CCNC(=NCCNc1nccc(C(F)(F)F)n1)N(C)Cc1cccn1C.I. The Kier molecular flexibility index (Phi) is 9.49. The molecule has 2 aromatic heterocycles. The number of aliphatic imine (C=N–C) groups is 1. The van der Waals surface area contributed by atoms with E-state index in [9.17, 15) is 13.2 Å². The van der Waals surface area contributed by atoms with Crippen LogP contribution in [0.5, 0.6) is 0 Å². The molecule has 0 aromatic carbocycles. The van der Waals surface area contributed by atoms with E-state index in [-0.39, 0.29) is 29.9 Å². The standard InChI is InChI=1S/C17H24F3N7.HI/c1-4-21-16(27(3)12-13-6-5-11-26(13)2)24-10-9-23-15-22-8-7-14(25-15)17(18,19)20;/h5-8,11H,4,9-10,12H2,1-3H3,(H,21,24)(H,22,23,25);1H. The summed E-state index contributed by atoms with van der Waals surface area (Å²) in [4.78, 5) is 13.7. The lowest BCUT2D eigenvalue weighted by Crippen LogP contribution is -2.39. The van der Waals surface area contributed by atoms with Crippen LogP contribution in [0.4, 0.5) is 19.1 Å². The second-order valence-electron chi connectivity index (χ2n) is 5.89. The summed E-state index contributed by atoms with van der Waals surface area (Å²) in [5.41, 5.74) is 0.165. The number of hydrogen-bond acceptors (Lipinski definition) is 4. The fourth-order valence-electron chi connectivity index (χ4n) is 2.38. The van der Waals surface area contributed by atoms with Crippen LogP contribution in [-0.2, 0) is 19.8 Å². The summed E-state index contributed by atoms with van der Waals surface area (Å²) in [5.74, 6) is 0.646. The molecular formula is C17H25F3IN7. The maximum Gasteiger partial charge on any atom is 0.433 e. The van der Waals surface area contributed by atoms with Gasteiger partial charge < -0.3 is 20.1 Å². The van der Waals surface area contributed by atoms with Crippen LogP contribution in [0.15, 0.2) is 35.6 Å². The fraction of sp³-hybridized carbons (Fsp3) is 0.471. The predicted molar refractivity (Wildman–Crippen MR) is 114 cm³/mol. The van der Waals surface area contributed by atoms with Crippen molar-refractivity contribution in [2.75, 3.05) is 32.0 Å². The van der Waals surface area contributed by atoms with Gasteiger partial charge in [-0.05, 0) is 25.1 Å². The Bertz CT molecular complexity index is 761. The number of halogens is 4. The third kappa shape index (κ3) is 7.17. The zero-order chi connectivity index (χ0) is 19.9. The third-order valence-corrected chi connectivity index (χ3v) is 3.75. The number of alkyl halides is 3. The summed E-state index contributed by atoms with van der Waals surface area (Å²) in [5, 5.41) is 5.97. The number of nitrogens with zero attached hydrogens (tertiary/aromatic N) is 5. The normalized spacial score (nSPS) is 11.7. The molecule has 0 radical (unpaired) electrons. The summed E-state index contributed by atoms with van der Waals surface area (Å²) in [7, 11) is 3.91. The van der Waals surface area contributed by atoms with E-state index in [1.807, 2.05) is 48.8 Å². The van der Waals surface area contributed by atoms with Crippen molar-refractivity contribution in [3.05, 3.63) is 42.0 Å². The van der Waals surface area contributed by atoms with Gasteiger partial charge in [0.25, 0.3) is 0 Å². The Morgan fingerprint density at radius 1 is 1.32 bits per heavy atom. The average Bonchev–Trinajstić information content (AvgIpc) is 3.02. The average molecular weight is 511 g/mol. The van der Waals surface area contributed by atoms with Gasteiger partial charge in [-0.2, -0.15) is 13.2 Å². The van der Waals surface area contributed by atoms with E-state index < -0.39 is 11.9 Å². The highest BCUT2D eigenvalue weighted by molar-refractivity contribution is 14.0. The largest absolute Gasteiger partial charge is 0.433 e. The molecule has 0 saturated heterocycles. The van der Waals surface area contributed by atoms with E-state index in [0.717, 1.165) is 18.0 Å². The van der Waals surface area contributed by atoms with Crippen molar-refractivity contribution in [1.29, 1.82) is 0 Å². The van der Waals surface area contributed by atoms with E-state index in [0.29, 0.717) is 32.1 Å². The van der Waals surface area contributed by atoms with Crippen molar-refractivity contribution in [2.45, 2.75) is 19.6 Å². The minimum absolute atomic E-state index is 0. The minimum atomic E-state index is -4.49. The van der Waals surface area contributed by atoms with E-state index in [1.54, 1.807) is 0 Å². The van der Waals surface area contributed by atoms with E-state index >= 15 is 0 Å². The summed E-state index contributed by atoms with van der Waals surface area (Å²) >= 11 is 0. The molecule has 0 saturated carbocycles. The lowest BCUT2D eigenvalue weighted by molar-refractivity contribution is -0.141. The molecule has 2 aromatic rings. The Hall–Kier alpha value is -2.05. The summed E-state index contributed by atoms with van der Waals surface area (Å²) in [6, 6.07) is 4.85. The second kappa shape index (κ2) is 11.1. The number of rotatable bonds is 7. The van der Waals surface area contributed by atoms with Crippen molar-refractivity contribution in [2.24, 2.45) is 12.0 Å². The molecule has 0 unspecified atom stereocenters. The molecule has 0 spiro atoms. The van der Waals surface area contributed by atoms with Gasteiger partial charge in [-0.1, -0.05) is 0 Å². The molecule has 0 amide bonds. The number of aromatic nitrogens is 3. The van der Waals surface area contributed by atoms with Gasteiger partial charge in [0, 0.05) is 45.3 Å². The zero-order valence-electron chi connectivity index (χ0n) is 16.0. The van der Waals surface area contributed by atoms with Crippen LogP contribution in [0.3, 0.4) is 0 Å². The third-order valence-electron chi connectivity index (χ3n) is 3.75. The van der Waals surface area contributed by atoms with E-state index in [1.165, 1.54) is 0 Å². The lowest BCUT2D eigenvalue weighted by atomic mass is 10.4. The van der Waals surface area contributed by atoms with E-state index in [4.69, 9.17) is 0 Å². The van der Waals surface area contributed by atoms with Gasteiger partial charge in [-0.25, -0.2) is 9.97 Å². The smallest absolute Gasteiger partial charge is 0.357 e. The first-order valence-corrected chi connectivity index (χ1v) is 8.55. The number of anilines is 1. The summed E-state index contributed by atoms with van der Waals surface area (Å²) < 4.78 is 40.0. The van der Waals surface area contributed by atoms with Crippen LogP contribution in [-0.4, -0.2) is 52.1 Å². The number of nitrogens with one attached hydrogen (secondary N) is 2. The highest BCUT2D eigenvalue weighted by Crippen LogP contribution is 2.27. The van der Waals surface area contributed by atoms with Crippen molar-refractivity contribution >= 4 is 35.9 Å². The van der Waals surface area contributed by atoms with Gasteiger partial charge >= 0.3 is 6.18 Å². The quantitative estimate of drug-likeness (QED) is 0.259. The van der Waals surface area contributed by atoms with Gasteiger partial charge in [-0.15, -0.1) is 24.0 Å². The molecule has 0 aliphatic carbocycles. The second-order valence-corrected chi connectivity index (χ2v) is 5.89. The summed E-state index contributed by atoms with van der Waals surface area (Å²) in [6.45, 7) is 4.04. The Balaban J connectivity index is 0.00000392. The van der Waals surface area contributed by atoms with Gasteiger partial charge in [0.1, 0.15) is 5.69 Å². The highest BCUT2D eigenvalue weighted by atomic mass is 127. The molecule has 7 nitrogen and oxygen atoms in total. The van der Waals surface area contributed by atoms with Crippen LogP contribution in [0.25, 0.3) is 0 Å². The lowest BCUT2D eigenvalue weighted by Gasteiger charge is -2.22. The Labute approximate surface area is 179 Å². The molecule has 2 rings (SSSR count). The molecule has 0 bridgehead atoms. The van der Waals surface area contributed by atoms with Gasteiger partial charge in [0.2, 0.25) is 5.95 Å². The van der Waals surface area contributed by atoms with Crippen molar-refractivity contribution < 1.29 is 13.2 Å². The molecular weight excluding hydrogens is 486 g/mol. The first-order chi connectivity index (χ1) is 12.8. The Morgan fingerprint density at radius 2 is 2.07 bits per heavy atom. The Morgan fingerprint density at radius 3 is 2.68 bits per heavy atom. The molecule has 0 aliphatic heterocycles. The monoisotopic (exact) mass is 511 g/mol. The number of hydrogen-bond donors (Lipinski definition) is 2. The number of aryl methyl sites for hydroxylation is 1. The summed E-state index contributed by atoms with van der Waals surface area (Å²) in [6.07, 6.45) is -1.43. The van der Waals surface area contributed by atoms with Crippen LogP contribution < -0.4 is 10.6 Å². The topological polar surface area (TPSA) is 70.4 Å². The molecule has 2 heterocycles.